The van der Waals surface area contributed by atoms with Crippen LogP contribution >= 0.6 is 0 Å². The van der Waals surface area contributed by atoms with Crippen molar-refractivity contribution in [2.75, 3.05) is 5.75 Å². The van der Waals surface area contributed by atoms with Gasteiger partial charge >= 0.3 is 0 Å². The molecule has 0 saturated carbocycles. The highest BCUT2D eigenvalue weighted by Gasteiger charge is 2.14. The molecule has 0 saturated heterocycles. The van der Waals surface area contributed by atoms with Crippen molar-refractivity contribution in [1.82, 2.24) is 9.97 Å². The fraction of sp³-hybridized carbons (Fsp3) is 0.100. The quantitative estimate of drug-likeness (QED) is 0.538. The first-order valence-corrected chi connectivity index (χ1v) is 9.86. The summed E-state index contributed by atoms with van der Waals surface area (Å²) in [6.45, 7) is 1.62. The van der Waals surface area contributed by atoms with E-state index >= 15 is 0 Å². The van der Waals surface area contributed by atoms with Crippen molar-refractivity contribution in [3.05, 3.63) is 66.2 Å². The highest BCUT2D eigenvalue weighted by molar-refractivity contribution is 7.91. The first-order chi connectivity index (χ1) is 12.5. The topological polar surface area (TPSA) is 73.1 Å². The highest BCUT2D eigenvalue weighted by atomic mass is 32.2. The number of fused-ring (bicyclic) bond motifs is 2. The normalized spacial score (nSPS) is 12.3. The molecule has 130 valence electrons. The van der Waals surface area contributed by atoms with E-state index in [0.717, 1.165) is 16.5 Å². The zero-order valence-electron chi connectivity index (χ0n) is 14.1. The Hall–Kier alpha value is -2.99. The van der Waals surface area contributed by atoms with E-state index in [2.05, 4.69) is 9.97 Å². The molecule has 0 atom stereocenters. The minimum absolute atomic E-state index is 0.0555. The van der Waals surface area contributed by atoms with Crippen LogP contribution in [0.3, 0.4) is 0 Å². The van der Waals surface area contributed by atoms with Crippen molar-refractivity contribution in [3.8, 4) is 0 Å². The zero-order chi connectivity index (χ0) is 18.1. The molecule has 0 amide bonds. The van der Waals surface area contributed by atoms with Crippen LogP contribution < -0.4 is 0 Å². The first kappa shape index (κ1) is 16.5. The number of pyridine rings is 1. The molecule has 0 aliphatic carbocycles. The minimum Gasteiger partial charge on any atom is -0.437 e. The van der Waals surface area contributed by atoms with Gasteiger partial charge in [-0.2, -0.15) is 0 Å². The molecule has 0 N–H and O–H groups in total. The second-order valence-electron chi connectivity index (χ2n) is 5.87. The van der Waals surface area contributed by atoms with Gasteiger partial charge in [0.2, 0.25) is 5.89 Å². The van der Waals surface area contributed by atoms with Crippen LogP contribution in [0.25, 0.3) is 34.2 Å². The average Bonchev–Trinajstić information content (AvgIpc) is 3.08. The van der Waals surface area contributed by atoms with Crippen LogP contribution in [0.1, 0.15) is 18.4 Å². The zero-order valence-corrected chi connectivity index (χ0v) is 14.9. The largest absolute Gasteiger partial charge is 0.437 e. The molecule has 0 spiro atoms. The van der Waals surface area contributed by atoms with Gasteiger partial charge in [-0.1, -0.05) is 19.1 Å². The predicted octanol–water partition coefficient (Wildman–Crippen LogP) is 4.34. The van der Waals surface area contributed by atoms with E-state index in [-0.39, 0.29) is 10.6 Å². The maximum atomic E-state index is 12.0. The maximum Gasteiger partial charge on any atom is 0.220 e. The molecule has 2 aromatic carbocycles. The lowest BCUT2D eigenvalue weighted by Gasteiger charge is -1.99. The molecule has 26 heavy (non-hydrogen) atoms. The number of hydrogen-bond acceptors (Lipinski definition) is 5. The van der Waals surface area contributed by atoms with Crippen molar-refractivity contribution in [2.45, 2.75) is 11.8 Å². The Morgan fingerprint density at radius 3 is 2.77 bits per heavy atom. The van der Waals surface area contributed by atoms with Gasteiger partial charge in [0, 0.05) is 17.7 Å². The van der Waals surface area contributed by atoms with Crippen LogP contribution in [0.4, 0.5) is 0 Å². The summed E-state index contributed by atoms with van der Waals surface area (Å²) < 4.78 is 29.7. The van der Waals surface area contributed by atoms with Crippen LogP contribution in [-0.4, -0.2) is 24.1 Å². The molecule has 2 aromatic heterocycles. The van der Waals surface area contributed by atoms with Crippen molar-refractivity contribution < 1.29 is 12.8 Å². The molecular weight excluding hydrogens is 348 g/mol. The van der Waals surface area contributed by atoms with Gasteiger partial charge in [-0.25, -0.2) is 13.4 Å². The van der Waals surface area contributed by atoms with Crippen LogP contribution in [0.2, 0.25) is 0 Å². The van der Waals surface area contributed by atoms with Crippen molar-refractivity contribution in [2.24, 2.45) is 0 Å². The lowest BCUT2D eigenvalue weighted by atomic mass is 10.1. The molecule has 0 bridgehead atoms. The fourth-order valence-electron chi connectivity index (χ4n) is 2.72. The van der Waals surface area contributed by atoms with Gasteiger partial charge in [0.15, 0.2) is 15.4 Å². The van der Waals surface area contributed by atoms with E-state index in [1.807, 2.05) is 36.4 Å². The van der Waals surface area contributed by atoms with Crippen molar-refractivity contribution in [3.63, 3.8) is 0 Å². The van der Waals surface area contributed by atoms with Gasteiger partial charge in [-0.05, 0) is 48.0 Å². The van der Waals surface area contributed by atoms with Crippen molar-refractivity contribution in [1.29, 1.82) is 0 Å². The first-order valence-electron chi connectivity index (χ1n) is 8.21. The summed E-state index contributed by atoms with van der Waals surface area (Å²) in [5, 5.41) is 1.06. The smallest absolute Gasteiger partial charge is 0.220 e. The third-order valence-electron chi connectivity index (χ3n) is 4.16. The molecule has 5 nitrogen and oxygen atoms in total. The summed E-state index contributed by atoms with van der Waals surface area (Å²) in [4.78, 5) is 8.93. The molecule has 2 heterocycles. The summed E-state index contributed by atoms with van der Waals surface area (Å²) in [5.41, 5.74) is 3.03. The Labute approximate surface area is 150 Å². The van der Waals surface area contributed by atoms with E-state index in [1.165, 1.54) is 0 Å². The number of hydrogen-bond donors (Lipinski definition) is 0. The number of rotatable bonds is 4. The highest BCUT2D eigenvalue weighted by Crippen LogP contribution is 2.22. The number of nitrogens with zero attached hydrogens (tertiary/aromatic N) is 2. The third kappa shape index (κ3) is 3.11. The SMILES string of the molecule is CCS(=O)(=O)c1ccc2oc(/C=C/c3ccc4ncccc4c3)nc2c1. The van der Waals surface area contributed by atoms with Gasteiger partial charge in [0.05, 0.1) is 16.2 Å². The summed E-state index contributed by atoms with van der Waals surface area (Å²) >= 11 is 0. The van der Waals surface area contributed by atoms with Gasteiger partial charge in [-0.15, -0.1) is 0 Å². The van der Waals surface area contributed by atoms with Crippen LogP contribution in [0, 0.1) is 0 Å². The van der Waals surface area contributed by atoms with Gasteiger partial charge in [0.1, 0.15) is 5.52 Å². The lowest BCUT2D eigenvalue weighted by molar-refractivity contribution is 0.589. The van der Waals surface area contributed by atoms with Crippen LogP contribution in [-0.2, 0) is 9.84 Å². The summed E-state index contributed by atoms with van der Waals surface area (Å²) in [6.07, 6.45) is 5.44. The molecule has 0 radical (unpaired) electrons. The lowest BCUT2D eigenvalue weighted by Crippen LogP contribution is -2.03. The molecule has 4 aromatic rings. The molecule has 0 aliphatic rings. The second-order valence-corrected chi connectivity index (χ2v) is 8.15. The van der Waals surface area contributed by atoms with E-state index in [4.69, 9.17) is 4.42 Å². The minimum atomic E-state index is -3.26. The van der Waals surface area contributed by atoms with Gasteiger partial charge < -0.3 is 4.42 Å². The fourth-order valence-corrected chi connectivity index (χ4v) is 3.62. The molecule has 0 unspecified atom stereocenters. The van der Waals surface area contributed by atoms with E-state index in [0.29, 0.717) is 17.0 Å². The Balaban J connectivity index is 1.66. The van der Waals surface area contributed by atoms with E-state index in [1.54, 1.807) is 37.4 Å². The Morgan fingerprint density at radius 1 is 1.04 bits per heavy atom. The Morgan fingerprint density at radius 2 is 1.92 bits per heavy atom. The average molecular weight is 364 g/mol. The predicted molar refractivity (Wildman–Crippen MR) is 102 cm³/mol. The van der Waals surface area contributed by atoms with E-state index in [9.17, 15) is 8.42 Å². The summed E-state index contributed by atoms with van der Waals surface area (Å²) in [5.74, 6) is 0.484. The Kier molecular flexibility index (Phi) is 4.05. The van der Waals surface area contributed by atoms with Crippen LogP contribution in [0.15, 0.2) is 64.0 Å². The molecule has 0 aliphatic heterocycles. The molecule has 0 fully saturated rings. The van der Waals surface area contributed by atoms with Gasteiger partial charge in [-0.3, -0.25) is 4.98 Å². The molecular formula is C20H16N2O3S. The maximum absolute atomic E-state index is 12.0. The van der Waals surface area contributed by atoms with Crippen molar-refractivity contribution >= 4 is 44.0 Å². The Bertz CT molecular complexity index is 1240. The summed E-state index contributed by atoms with van der Waals surface area (Å²) in [6, 6.07) is 14.6. The van der Waals surface area contributed by atoms with E-state index < -0.39 is 9.84 Å². The second kappa shape index (κ2) is 6.38. The number of benzene rings is 2. The molecule has 4 rings (SSSR count). The van der Waals surface area contributed by atoms with Gasteiger partial charge in [0.25, 0.3) is 0 Å². The number of oxazole rings is 1. The summed E-state index contributed by atoms with van der Waals surface area (Å²) in [7, 11) is -3.26. The third-order valence-corrected chi connectivity index (χ3v) is 5.89. The standard InChI is InChI=1S/C20H16N2O3S/c1-2-26(23,24)16-7-9-19-18(13-16)22-20(25-19)10-6-14-5-8-17-15(12-14)4-3-11-21-17/h3-13H,2H2,1H3/b10-6+. The number of aromatic nitrogens is 2. The molecule has 6 heteroatoms. The van der Waals surface area contributed by atoms with Crippen LogP contribution in [0.5, 0.6) is 0 Å². The monoisotopic (exact) mass is 364 g/mol. The number of sulfone groups is 1.